The van der Waals surface area contributed by atoms with Crippen molar-refractivity contribution in [1.82, 2.24) is 0 Å². The Balaban J connectivity index is 0.000000215. The Morgan fingerprint density at radius 2 is 1.05 bits per heavy atom. The lowest BCUT2D eigenvalue weighted by molar-refractivity contribution is 0.318. The minimum Gasteiger partial charge on any atom is -0.508 e. The Hall–Kier alpha value is -6.68. The molecular weight excluding hydrogens is 711 g/mol. The SMILES string of the molecule is CCCc1cc(C(N)=NO)c(-c2cc(F)ccc2C)c(-c2ccc(O)cc2)c1F.CCCc1cc(C(N)=NO)c(-c2ccccc2)c(-c2ccc(O)cc2)c1C. The Kier molecular flexibility index (Phi) is 13.1. The number of rotatable bonds is 10. The summed E-state index contributed by atoms with van der Waals surface area (Å²) in [6.45, 7) is 7.94. The number of aryl methyl sites for hydroxylation is 3. The molecule has 8 N–H and O–H groups in total. The van der Waals surface area contributed by atoms with Crippen molar-refractivity contribution in [3.05, 3.63) is 154 Å². The van der Waals surface area contributed by atoms with Crippen molar-refractivity contribution in [3.8, 4) is 56.0 Å². The van der Waals surface area contributed by atoms with E-state index in [1.165, 1.54) is 29.8 Å². The van der Waals surface area contributed by atoms with Crippen molar-refractivity contribution < 1.29 is 29.4 Å². The molecule has 0 aliphatic heterocycles. The summed E-state index contributed by atoms with van der Waals surface area (Å²) in [7, 11) is 0. The van der Waals surface area contributed by atoms with Crippen LogP contribution in [0.5, 0.6) is 11.5 Å². The molecule has 0 aromatic heterocycles. The monoisotopic (exact) mass is 756 g/mol. The highest BCUT2D eigenvalue weighted by Crippen LogP contribution is 2.42. The molecule has 0 saturated heterocycles. The molecule has 0 aliphatic rings. The highest BCUT2D eigenvalue weighted by molar-refractivity contribution is 6.08. The molecule has 0 unspecified atom stereocenters. The molecule has 0 atom stereocenters. The minimum absolute atomic E-state index is 0.0408. The van der Waals surface area contributed by atoms with Gasteiger partial charge in [0, 0.05) is 27.8 Å². The van der Waals surface area contributed by atoms with Crippen LogP contribution in [0.15, 0.2) is 120 Å². The first-order valence-electron chi connectivity index (χ1n) is 18.3. The number of phenols is 2. The van der Waals surface area contributed by atoms with Gasteiger partial charge in [-0.05, 0) is 125 Å². The van der Waals surface area contributed by atoms with Crippen LogP contribution in [0.3, 0.4) is 0 Å². The van der Waals surface area contributed by atoms with Crippen LogP contribution in [0.25, 0.3) is 44.5 Å². The summed E-state index contributed by atoms with van der Waals surface area (Å²) < 4.78 is 29.8. The zero-order valence-corrected chi connectivity index (χ0v) is 31.8. The summed E-state index contributed by atoms with van der Waals surface area (Å²) in [5.74, 6) is -0.776. The van der Waals surface area contributed by atoms with E-state index in [1.54, 1.807) is 43.3 Å². The van der Waals surface area contributed by atoms with E-state index < -0.39 is 11.6 Å². The number of phenolic OH excluding ortho intramolecular Hbond substituents is 2. The molecule has 6 rings (SSSR count). The number of nitrogens with zero attached hydrogens (tertiary/aromatic N) is 2. The summed E-state index contributed by atoms with van der Waals surface area (Å²) >= 11 is 0. The molecular formula is C46H46F2N4O4. The first kappa shape index (κ1) is 40.5. The highest BCUT2D eigenvalue weighted by Gasteiger charge is 2.24. The van der Waals surface area contributed by atoms with Gasteiger partial charge >= 0.3 is 0 Å². The van der Waals surface area contributed by atoms with Gasteiger partial charge in [-0.15, -0.1) is 0 Å². The average Bonchev–Trinajstić information content (AvgIpc) is 3.21. The first-order valence-corrected chi connectivity index (χ1v) is 18.3. The van der Waals surface area contributed by atoms with Crippen LogP contribution in [0.1, 0.15) is 60.1 Å². The van der Waals surface area contributed by atoms with Crippen LogP contribution in [-0.2, 0) is 12.8 Å². The standard InChI is InChI=1S/C23H22F2N2O2.C23H24N2O2/c1-3-4-15-11-19(23(26)27-29)21(18-12-16(24)8-5-13(18)2)20(22(15)25)14-6-9-17(28)10-7-14;1-3-7-18-14-20(23(24)25-27)22(16-8-5-4-6-9-16)21(15(18)2)17-10-12-19(26)13-11-17/h5-12,28-29H,3-4H2,1-2H3,(H2,26,27);4-6,8-14,26-27H,3,7H2,1-2H3,(H2,24,25). The van der Waals surface area contributed by atoms with E-state index in [2.05, 4.69) is 24.2 Å². The van der Waals surface area contributed by atoms with Gasteiger partial charge in [0.25, 0.3) is 0 Å². The molecule has 0 radical (unpaired) electrons. The van der Waals surface area contributed by atoms with Crippen LogP contribution in [0.2, 0.25) is 0 Å². The predicted molar refractivity (Wildman–Crippen MR) is 220 cm³/mol. The maximum atomic E-state index is 15.7. The van der Waals surface area contributed by atoms with Crippen LogP contribution in [-0.4, -0.2) is 32.3 Å². The topological polar surface area (TPSA) is 158 Å². The van der Waals surface area contributed by atoms with Crippen molar-refractivity contribution in [2.24, 2.45) is 21.8 Å². The summed E-state index contributed by atoms with van der Waals surface area (Å²) in [5, 5.41) is 44.5. The molecule has 0 bridgehead atoms. The summed E-state index contributed by atoms with van der Waals surface area (Å²) in [6.07, 6.45) is 3.04. The maximum absolute atomic E-state index is 15.7. The van der Waals surface area contributed by atoms with Gasteiger partial charge in [0.15, 0.2) is 11.7 Å². The minimum atomic E-state index is -0.481. The maximum Gasteiger partial charge on any atom is 0.170 e. The van der Waals surface area contributed by atoms with Gasteiger partial charge in [0.05, 0.1) is 0 Å². The predicted octanol–water partition coefficient (Wildman–Crippen LogP) is 10.4. The van der Waals surface area contributed by atoms with Gasteiger partial charge < -0.3 is 32.1 Å². The number of amidine groups is 2. The van der Waals surface area contributed by atoms with Gasteiger partial charge in [0.2, 0.25) is 0 Å². The quantitative estimate of drug-likeness (QED) is 0.0353. The fourth-order valence-corrected chi connectivity index (χ4v) is 6.98. The summed E-state index contributed by atoms with van der Waals surface area (Å²) in [6, 6.07) is 31.0. The lowest BCUT2D eigenvalue weighted by Crippen LogP contribution is -2.17. The Morgan fingerprint density at radius 1 is 0.571 bits per heavy atom. The molecule has 6 aromatic carbocycles. The Labute approximate surface area is 325 Å². The van der Waals surface area contributed by atoms with E-state index in [0.29, 0.717) is 51.8 Å². The molecule has 6 aromatic rings. The smallest absolute Gasteiger partial charge is 0.170 e. The van der Waals surface area contributed by atoms with E-state index >= 15 is 4.39 Å². The first-order chi connectivity index (χ1) is 26.9. The fraction of sp³-hybridized carbons (Fsp3) is 0.174. The average molecular weight is 757 g/mol. The van der Waals surface area contributed by atoms with Gasteiger partial charge in [-0.1, -0.05) is 97.7 Å². The van der Waals surface area contributed by atoms with E-state index in [1.807, 2.05) is 55.5 Å². The molecule has 0 saturated carbocycles. The van der Waals surface area contributed by atoms with Crippen molar-refractivity contribution in [1.29, 1.82) is 0 Å². The molecule has 288 valence electrons. The second kappa shape index (κ2) is 18.1. The molecule has 0 heterocycles. The second-order valence-electron chi connectivity index (χ2n) is 13.5. The van der Waals surface area contributed by atoms with Crippen LogP contribution in [0, 0.1) is 25.5 Å². The zero-order chi connectivity index (χ0) is 40.5. The molecule has 0 spiro atoms. The fourth-order valence-electron chi connectivity index (χ4n) is 6.98. The molecule has 10 heteroatoms. The summed E-state index contributed by atoms with van der Waals surface area (Å²) in [4.78, 5) is 0. The summed E-state index contributed by atoms with van der Waals surface area (Å²) in [5.41, 5.74) is 21.9. The van der Waals surface area contributed by atoms with Crippen molar-refractivity contribution in [3.63, 3.8) is 0 Å². The third kappa shape index (κ3) is 8.65. The van der Waals surface area contributed by atoms with E-state index in [4.69, 9.17) is 11.5 Å². The zero-order valence-electron chi connectivity index (χ0n) is 31.8. The number of hydrogen-bond acceptors (Lipinski definition) is 6. The number of halogens is 2. The lowest BCUT2D eigenvalue weighted by atomic mass is 9.83. The van der Waals surface area contributed by atoms with Gasteiger partial charge in [0.1, 0.15) is 23.1 Å². The third-order valence-electron chi connectivity index (χ3n) is 9.68. The molecule has 8 nitrogen and oxygen atoms in total. The Bertz CT molecular complexity index is 2380. The molecule has 56 heavy (non-hydrogen) atoms. The highest BCUT2D eigenvalue weighted by atomic mass is 19.1. The number of oxime groups is 2. The number of benzene rings is 6. The van der Waals surface area contributed by atoms with E-state index in [0.717, 1.165) is 40.7 Å². The molecule has 0 amide bonds. The largest absolute Gasteiger partial charge is 0.508 e. The van der Waals surface area contributed by atoms with Crippen molar-refractivity contribution in [2.75, 3.05) is 0 Å². The van der Waals surface area contributed by atoms with Crippen LogP contribution < -0.4 is 11.5 Å². The van der Waals surface area contributed by atoms with Crippen molar-refractivity contribution >= 4 is 11.7 Å². The third-order valence-corrected chi connectivity index (χ3v) is 9.68. The van der Waals surface area contributed by atoms with Gasteiger partial charge in [-0.25, -0.2) is 8.78 Å². The number of nitrogens with two attached hydrogens (primary N) is 2. The normalized spacial score (nSPS) is 11.6. The van der Waals surface area contributed by atoms with E-state index in [9.17, 15) is 25.0 Å². The number of aromatic hydroxyl groups is 2. The van der Waals surface area contributed by atoms with Crippen molar-refractivity contribution in [2.45, 2.75) is 53.4 Å². The lowest BCUT2D eigenvalue weighted by Gasteiger charge is -2.21. The van der Waals surface area contributed by atoms with E-state index in [-0.39, 0.29) is 28.7 Å². The molecule has 0 aliphatic carbocycles. The second-order valence-corrected chi connectivity index (χ2v) is 13.5. The number of hydrogen-bond donors (Lipinski definition) is 6. The van der Waals surface area contributed by atoms with Gasteiger partial charge in [-0.2, -0.15) is 0 Å². The van der Waals surface area contributed by atoms with Crippen LogP contribution in [0.4, 0.5) is 8.78 Å². The Morgan fingerprint density at radius 3 is 1.59 bits per heavy atom. The molecule has 0 fully saturated rings. The van der Waals surface area contributed by atoms with Gasteiger partial charge in [-0.3, -0.25) is 0 Å². The van der Waals surface area contributed by atoms with Crippen LogP contribution >= 0.6 is 0 Å².